The van der Waals surface area contributed by atoms with Crippen LogP contribution in [0.5, 0.6) is 0 Å². The molecule has 1 aromatic heterocycles. The van der Waals surface area contributed by atoms with Crippen LogP contribution in [0.3, 0.4) is 0 Å². The Hall–Kier alpha value is -3.24. The van der Waals surface area contributed by atoms with E-state index >= 15 is 0 Å². The number of rotatable bonds is 4. The Balaban J connectivity index is 0.00000107. The first kappa shape index (κ1) is 28.8. The van der Waals surface area contributed by atoms with Crippen molar-refractivity contribution in [2.45, 2.75) is 53.5 Å². The van der Waals surface area contributed by atoms with Crippen molar-refractivity contribution in [3.05, 3.63) is 51.4 Å². The fourth-order valence-electron chi connectivity index (χ4n) is 3.39. The lowest BCUT2D eigenvalue weighted by Gasteiger charge is -2.24. The Morgan fingerprint density at radius 2 is 1.85 bits per heavy atom. The fourth-order valence-corrected chi connectivity index (χ4v) is 4.57. The van der Waals surface area contributed by atoms with E-state index in [-0.39, 0.29) is 18.4 Å². The standard InChI is InChI=1S/C22H25N3O3S.C3H8.C2H2/c1-13-6-8-16(9-7-13)21-20-14(2)18(12-26)29-22(20)25(15(3)23-4)11-17(24-21)10-19(27)28-5;1-3-2;1-2/h6-9,12,17H,10-11H2,1-5H3;3H2,1-2H3;1-2H. The lowest BCUT2D eigenvalue weighted by molar-refractivity contribution is -0.140. The van der Waals surface area contributed by atoms with Crippen LogP contribution in [0.25, 0.3) is 0 Å². The van der Waals surface area contributed by atoms with E-state index in [1.165, 1.54) is 24.9 Å². The molecule has 7 heteroatoms. The maximum atomic E-state index is 12.0. The number of hydrogen-bond acceptors (Lipinski definition) is 6. The highest BCUT2D eigenvalue weighted by atomic mass is 32.1. The molecule has 34 heavy (non-hydrogen) atoms. The molecule has 0 amide bonds. The number of benzene rings is 1. The van der Waals surface area contributed by atoms with Crippen LogP contribution < -0.4 is 4.90 Å². The van der Waals surface area contributed by atoms with Gasteiger partial charge in [0.05, 0.1) is 30.2 Å². The van der Waals surface area contributed by atoms with Crippen LogP contribution in [0.15, 0.2) is 34.3 Å². The number of ether oxygens (including phenoxy) is 1. The highest BCUT2D eigenvalue weighted by Crippen LogP contribution is 2.39. The summed E-state index contributed by atoms with van der Waals surface area (Å²) in [6.45, 7) is 10.6. The van der Waals surface area contributed by atoms with Crippen molar-refractivity contribution in [2.24, 2.45) is 9.98 Å². The molecule has 1 aliphatic rings. The number of fused-ring (bicyclic) bond motifs is 1. The third-order valence-electron chi connectivity index (χ3n) is 5.13. The number of thiophene rings is 1. The van der Waals surface area contributed by atoms with Crippen molar-refractivity contribution in [1.82, 2.24) is 0 Å². The quantitative estimate of drug-likeness (QED) is 0.191. The molecule has 1 atom stereocenters. The van der Waals surface area contributed by atoms with Crippen molar-refractivity contribution >= 4 is 40.1 Å². The summed E-state index contributed by atoms with van der Waals surface area (Å²) < 4.78 is 4.89. The largest absolute Gasteiger partial charge is 0.469 e. The molecule has 0 N–H and O–H groups in total. The van der Waals surface area contributed by atoms with Crippen LogP contribution in [-0.4, -0.2) is 50.5 Å². The number of aldehydes is 1. The summed E-state index contributed by atoms with van der Waals surface area (Å²) in [6.07, 6.45) is 10.3. The van der Waals surface area contributed by atoms with Gasteiger partial charge in [-0.2, -0.15) is 0 Å². The van der Waals surface area contributed by atoms with E-state index in [9.17, 15) is 9.59 Å². The summed E-state index contributed by atoms with van der Waals surface area (Å²) in [6, 6.07) is 7.84. The molecule has 3 rings (SSSR count). The van der Waals surface area contributed by atoms with Gasteiger partial charge in [-0.1, -0.05) is 50.1 Å². The molecule has 2 heterocycles. The van der Waals surface area contributed by atoms with E-state index in [0.29, 0.717) is 11.4 Å². The van der Waals surface area contributed by atoms with Gasteiger partial charge in [-0.3, -0.25) is 19.6 Å². The Bertz CT molecular complexity index is 1050. The first-order valence-electron chi connectivity index (χ1n) is 11.2. The topological polar surface area (TPSA) is 71.3 Å². The van der Waals surface area contributed by atoms with Gasteiger partial charge in [0.2, 0.25) is 0 Å². The number of carbonyl (C=O) groups is 2. The number of methoxy groups -OCH3 is 1. The van der Waals surface area contributed by atoms with Crippen LogP contribution in [0.4, 0.5) is 5.00 Å². The molecule has 1 aromatic carbocycles. The zero-order chi connectivity index (χ0) is 25.8. The first-order chi connectivity index (χ1) is 16.3. The monoisotopic (exact) mass is 481 g/mol. The van der Waals surface area contributed by atoms with Crippen molar-refractivity contribution in [2.75, 3.05) is 25.6 Å². The maximum absolute atomic E-state index is 12.0. The summed E-state index contributed by atoms with van der Waals surface area (Å²) in [7, 11) is 3.12. The predicted octanol–water partition coefficient (Wildman–Crippen LogP) is 5.48. The number of carbonyl (C=O) groups excluding carboxylic acids is 2. The number of esters is 1. The van der Waals surface area contributed by atoms with E-state index in [4.69, 9.17) is 9.73 Å². The average Bonchev–Trinajstić information content (AvgIpc) is 3.08. The minimum absolute atomic E-state index is 0.174. The molecule has 0 saturated carbocycles. The molecule has 0 aliphatic carbocycles. The lowest BCUT2D eigenvalue weighted by Crippen LogP contribution is -2.35. The molecular formula is C27H35N3O3S. The zero-order valence-electron chi connectivity index (χ0n) is 21.2. The Labute approximate surface area is 207 Å². The summed E-state index contributed by atoms with van der Waals surface area (Å²) in [5.74, 6) is 0.503. The summed E-state index contributed by atoms with van der Waals surface area (Å²) in [4.78, 5) is 35.8. The molecule has 6 nitrogen and oxygen atoms in total. The number of hydrogen-bond donors (Lipinski definition) is 0. The van der Waals surface area contributed by atoms with Gasteiger partial charge in [0, 0.05) is 24.7 Å². The maximum Gasteiger partial charge on any atom is 0.307 e. The molecule has 1 unspecified atom stereocenters. The highest BCUT2D eigenvalue weighted by Gasteiger charge is 2.31. The van der Waals surface area contributed by atoms with E-state index in [0.717, 1.165) is 45.1 Å². The molecule has 0 spiro atoms. The normalized spacial score (nSPS) is 14.9. The van der Waals surface area contributed by atoms with Crippen molar-refractivity contribution in [3.8, 4) is 12.8 Å². The second kappa shape index (κ2) is 14.1. The van der Waals surface area contributed by atoms with Crippen LogP contribution in [0, 0.1) is 26.7 Å². The number of aryl methyl sites for hydroxylation is 1. The smallest absolute Gasteiger partial charge is 0.307 e. The number of nitrogens with zero attached hydrogens (tertiary/aromatic N) is 3. The van der Waals surface area contributed by atoms with Gasteiger partial charge in [0.1, 0.15) is 10.8 Å². The SMILES string of the molecule is C#C.CCC.CN=C(C)N1CC(CC(=O)OC)N=C(c2ccc(C)cc2)c2c1sc(C=O)c2C. The third kappa shape index (κ3) is 6.88. The number of anilines is 1. The van der Waals surface area contributed by atoms with Crippen LogP contribution in [0.2, 0.25) is 0 Å². The van der Waals surface area contributed by atoms with Crippen molar-refractivity contribution in [3.63, 3.8) is 0 Å². The summed E-state index contributed by atoms with van der Waals surface area (Å²) in [5, 5.41) is 0.930. The van der Waals surface area contributed by atoms with Gasteiger partial charge in [-0.05, 0) is 26.3 Å². The van der Waals surface area contributed by atoms with E-state index in [2.05, 4.69) is 36.6 Å². The van der Waals surface area contributed by atoms with Gasteiger partial charge in [-0.15, -0.1) is 24.2 Å². The van der Waals surface area contributed by atoms with Gasteiger partial charge in [-0.25, -0.2) is 0 Å². The van der Waals surface area contributed by atoms with Gasteiger partial charge >= 0.3 is 5.97 Å². The highest BCUT2D eigenvalue weighted by molar-refractivity contribution is 7.18. The second-order valence-electron chi connectivity index (χ2n) is 7.76. The van der Waals surface area contributed by atoms with Crippen LogP contribution >= 0.6 is 11.3 Å². The number of amidine groups is 1. The molecule has 0 saturated heterocycles. The Morgan fingerprint density at radius 1 is 1.26 bits per heavy atom. The first-order valence-corrected chi connectivity index (χ1v) is 12.0. The average molecular weight is 482 g/mol. The fraction of sp³-hybridized carbons (Fsp3) is 0.407. The summed E-state index contributed by atoms with van der Waals surface area (Å²) in [5.41, 5.74) is 4.73. The van der Waals surface area contributed by atoms with Crippen molar-refractivity contribution in [1.29, 1.82) is 0 Å². The molecule has 1 aliphatic heterocycles. The minimum atomic E-state index is -0.302. The second-order valence-corrected chi connectivity index (χ2v) is 8.79. The van der Waals surface area contributed by atoms with E-state index < -0.39 is 0 Å². The Morgan fingerprint density at radius 3 is 2.35 bits per heavy atom. The van der Waals surface area contributed by atoms with E-state index in [1.54, 1.807) is 7.05 Å². The number of aliphatic imine (C=N–C) groups is 2. The molecule has 0 fully saturated rings. The van der Waals surface area contributed by atoms with Crippen LogP contribution in [0.1, 0.15) is 65.5 Å². The van der Waals surface area contributed by atoms with Gasteiger partial charge in [0.25, 0.3) is 0 Å². The Kier molecular flexibility index (Phi) is 12.0. The minimum Gasteiger partial charge on any atom is -0.469 e. The van der Waals surface area contributed by atoms with Gasteiger partial charge in [0.15, 0.2) is 6.29 Å². The molecular weight excluding hydrogens is 446 g/mol. The van der Waals surface area contributed by atoms with Crippen molar-refractivity contribution < 1.29 is 14.3 Å². The predicted molar refractivity (Wildman–Crippen MR) is 144 cm³/mol. The lowest BCUT2D eigenvalue weighted by atomic mass is 9.99. The van der Waals surface area contributed by atoms with Gasteiger partial charge < -0.3 is 9.64 Å². The third-order valence-corrected chi connectivity index (χ3v) is 6.37. The molecule has 2 aromatic rings. The van der Waals surface area contributed by atoms with Crippen LogP contribution in [-0.2, 0) is 9.53 Å². The molecule has 0 bridgehead atoms. The molecule has 182 valence electrons. The van der Waals surface area contributed by atoms with E-state index in [1.807, 2.05) is 45.0 Å². The number of terminal acetylenes is 1. The summed E-state index contributed by atoms with van der Waals surface area (Å²) >= 11 is 1.44. The molecule has 0 radical (unpaired) electrons. The zero-order valence-corrected chi connectivity index (χ0v) is 22.0.